The average Bonchev–Trinajstić information content (AvgIpc) is 2.24. The topological polar surface area (TPSA) is 58.0 Å². The van der Waals surface area contributed by atoms with Crippen molar-refractivity contribution in [1.82, 2.24) is 9.97 Å². The number of hydrogen-bond acceptors (Lipinski definition) is 4. The maximum absolute atomic E-state index is 10.2. The SMILES string of the molecule is CCc1c(Cl)ncnc1NCC(C)(O)CC(C)C. The Morgan fingerprint density at radius 2 is 2.11 bits per heavy atom. The van der Waals surface area contributed by atoms with Gasteiger partial charge in [0.1, 0.15) is 17.3 Å². The number of rotatable bonds is 6. The number of aliphatic hydroxyl groups is 1. The molecule has 0 saturated heterocycles. The quantitative estimate of drug-likeness (QED) is 0.781. The van der Waals surface area contributed by atoms with Gasteiger partial charge >= 0.3 is 0 Å². The first-order chi connectivity index (χ1) is 8.35. The molecule has 0 saturated carbocycles. The summed E-state index contributed by atoms with van der Waals surface area (Å²) in [6.45, 7) is 8.46. The Balaban J connectivity index is 2.71. The van der Waals surface area contributed by atoms with E-state index in [4.69, 9.17) is 11.6 Å². The fourth-order valence-corrected chi connectivity index (χ4v) is 2.35. The van der Waals surface area contributed by atoms with Crippen LogP contribution in [0.15, 0.2) is 6.33 Å². The summed E-state index contributed by atoms with van der Waals surface area (Å²) in [4.78, 5) is 8.13. The minimum absolute atomic E-state index is 0.446. The van der Waals surface area contributed by atoms with Gasteiger partial charge in [0.15, 0.2) is 0 Å². The molecule has 1 aromatic rings. The molecule has 18 heavy (non-hydrogen) atoms. The molecule has 0 bridgehead atoms. The molecule has 1 heterocycles. The Hall–Kier alpha value is -0.870. The van der Waals surface area contributed by atoms with Crippen molar-refractivity contribution in [1.29, 1.82) is 0 Å². The van der Waals surface area contributed by atoms with Crippen molar-refractivity contribution in [2.24, 2.45) is 5.92 Å². The molecule has 5 heteroatoms. The Morgan fingerprint density at radius 1 is 1.44 bits per heavy atom. The summed E-state index contributed by atoms with van der Waals surface area (Å²) in [5, 5.41) is 13.9. The minimum Gasteiger partial charge on any atom is -0.388 e. The summed E-state index contributed by atoms with van der Waals surface area (Å²) < 4.78 is 0. The van der Waals surface area contributed by atoms with E-state index >= 15 is 0 Å². The number of nitrogens with one attached hydrogen (secondary N) is 1. The summed E-state index contributed by atoms with van der Waals surface area (Å²) in [6, 6.07) is 0. The predicted octanol–water partition coefficient (Wildman–Crippen LogP) is 2.90. The van der Waals surface area contributed by atoms with E-state index < -0.39 is 5.60 Å². The molecule has 102 valence electrons. The second kappa shape index (κ2) is 6.34. The number of nitrogens with zero attached hydrogens (tertiary/aromatic N) is 2. The van der Waals surface area contributed by atoms with Crippen molar-refractivity contribution in [2.75, 3.05) is 11.9 Å². The molecule has 0 aliphatic heterocycles. The lowest BCUT2D eigenvalue weighted by Crippen LogP contribution is -2.35. The number of hydrogen-bond donors (Lipinski definition) is 2. The summed E-state index contributed by atoms with van der Waals surface area (Å²) in [5.41, 5.74) is 0.135. The van der Waals surface area contributed by atoms with Crippen LogP contribution in [0.5, 0.6) is 0 Å². The van der Waals surface area contributed by atoms with Crippen molar-refractivity contribution in [3.8, 4) is 0 Å². The molecule has 0 aromatic carbocycles. The summed E-state index contributed by atoms with van der Waals surface area (Å²) >= 11 is 6.01. The fourth-order valence-electron chi connectivity index (χ4n) is 2.08. The molecule has 0 spiro atoms. The van der Waals surface area contributed by atoms with Crippen LogP contribution in [0.1, 0.15) is 39.7 Å². The Morgan fingerprint density at radius 3 is 2.67 bits per heavy atom. The fraction of sp³-hybridized carbons (Fsp3) is 0.692. The van der Waals surface area contributed by atoms with E-state index in [1.807, 2.05) is 13.8 Å². The molecular weight excluding hydrogens is 250 g/mol. The van der Waals surface area contributed by atoms with Crippen LogP contribution in [0.4, 0.5) is 5.82 Å². The molecule has 0 aliphatic carbocycles. The number of anilines is 1. The van der Waals surface area contributed by atoms with E-state index in [9.17, 15) is 5.11 Å². The van der Waals surface area contributed by atoms with Crippen LogP contribution in [0.25, 0.3) is 0 Å². The lowest BCUT2D eigenvalue weighted by molar-refractivity contribution is 0.0514. The Labute approximate surface area is 114 Å². The smallest absolute Gasteiger partial charge is 0.137 e. The first kappa shape index (κ1) is 15.2. The lowest BCUT2D eigenvalue weighted by Gasteiger charge is -2.26. The molecule has 0 aliphatic rings. The summed E-state index contributed by atoms with van der Waals surface area (Å²) in [7, 11) is 0. The number of aromatic nitrogens is 2. The standard InChI is InChI=1S/C13H22ClN3O/c1-5-10-11(14)16-8-17-12(10)15-7-13(4,18)6-9(2)3/h8-9,18H,5-7H2,1-4H3,(H,15,16,17). The highest BCUT2D eigenvalue weighted by atomic mass is 35.5. The normalized spacial score (nSPS) is 14.6. The zero-order valence-corrected chi connectivity index (χ0v) is 12.3. The average molecular weight is 272 g/mol. The van der Waals surface area contributed by atoms with E-state index in [-0.39, 0.29) is 0 Å². The maximum atomic E-state index is 10.2. The number of halogens is 1. The largest absolute Gasteiger partial charge is 0.388 e. The molecule has 1 rings (SSSR count). The molecule has 1 aromatic heterocycles. The van der Waals surface area contributed by atoms with Crippen molar-refractivity contribution < 1.29 is 5.11 Å². The van der Waals surface area contributed by atoms with E-state index in [1.54, 1.807) is 0 Å². The molecule has 4 nitrogen and oxygen atoms in total. The van der Waals surface area contributed by atoms with Crippen LogP contribution in [0, 0.1) is 5.92 Å². The van der Waals surface area contributed by atoms with Gasteiger partial charge in [0, 0.05) is 12.1 Å². The van der Waals surface area contributed by atoms with Crippen LogP contribution in [0.3, 0.4) is 0 Å². The van der Waals surface area contributed by atoms with Gasteiger partial charge in [-0.3, -0.25) is 0 Å². The third-order valence-corrected chi connectivity index (χ3v) is 3.06. The summed E-state index contributed by atoms with van der Waals surface area (Å²) in [6.07, 6.45) is 2.93. The highest BCUT2D eigenvalue weighted by Gasteiger charge is 2.22. The van der Waals surface area contributed by atoms with E-state index in [0.29, 0.717) is 23.4 Å². The highest BCUT2D eigenvalue weighted by molar-refractivity contribution is 6.30. The van der Waals surface area contributed by atoms with Gasteiger partial charge in [-0.05, 0) is 25.7 Å². The van der Waals surface area contributed by atoms with Crippen LogP contribution in [-0.2, 0) is 6.42 Å². The van der Waals surface area contributed by atoms with Crippen molar-refractivity contribution in [3.05, 3.63) is 17.0 Å². The van der Waals surface area contributed by atoms with Crippen molar-refractivity contribution in [3.63, 3.8) is 0 Å². The monoisotopic (exact) mass is 271 g/mol. The van der Waals surface area contributed by atoms with Gasteiger partial charge in [0.05, 0.1) is 5.60 Å². The van der Waals surface area contributed by atoms with Gasteiger partial charge in [-0.25, -0.2) is 9.97 Å². The van der Waals surface area contributed by atoms with Crippen LogP contribution < -0.4 is 5.32 Å². The zero-order valence-electron chi connectivity index (χ0n) is 11.5. The van der Waals surface area contributed by atoms with Gasteiger partial charge in [0.2, 0.25) is 0 Å². The molecule has 0 amide bonds. The van der Waals surface area contributed by atoms with Gasteiger partial charge in [0.25, 0.3) is 0 Å². The second-order valence-corrected chi connectivity index (χ2v) is 5.65. The predicted molar refractivity (Wildman–Crippen MR) is 75.0 cm³/mol. The lowest BCUT2D eigenvalue weighted by atomic mass is 9.94. The zero-order chi connectivity index (χ0) is 13.8. The first-order valence-corrected chi connectivity index (χ1v) is 6.69. The first-order valence-electron chi connectivity index (χ1n) is 6.31. The van der Waals surface area contributed by atoms with Gasteiger partial charge in [-0.15, -0.1) is 0 Å². The van der Waals surface area contributed by atoms with Crippen LogP contribution >= 0.6 is 11.6 Å². The minimum atomic E-state index is -0.753. The maximum Gasteiger partial charge on any atom is 0.137 e. The molecular formula is C13H22ClN3O. The third kappa shape index (κ3) is 4.42. The van der Waals surface area contributed by atoms with Gasteiger partial charge in [-0.1, -0.05) is 32.4 Å². The molecule has 0 radical (unpaired) electrons. The van der Waals surface area contributed by atoms with Crippen molar-refractivity contribution >= 4 is 17.4 Å². The second-order valence-electron chi connectivity index (χ2n) is 5.29. The highest BCUT2D eigenvalue weighted by Crippen LogP contribution is 2.22. The summed E-state index contributed by atoms with van der Waals surface area (Å²) in [5.74, 6) is 1.16. The van der Waals surface area contributed by atoms with E-state index in [0.717, 1.165) is 18.4 Å². The molecule has 2 N–H and O–H groups in total. The van der Waals surface area contributed by atoms with Gasteiger partial charge < -0.3 is 10.4 Å². The Bertz CT molecular complexity index is 394. The van der Waals surface area contributed by atoms with E-state index in [1.165, 1.54) is 6.33 Å². The van der Waals surface area contributed by atoms with Crippen LogP contribution in [-0.4, -0.2) is 27.2 Å². The van der Waals surface area contributed by atoms with Crippen molar-refractivity contribution in [2.45, 2.75) is 46.1 Å². The molecule has 1 unspecified atom stereocenters. The molecule has 1 atom stereocenters. The third-order valence-electron chi connectivity index (χ3n) is 2.73. The molecule has 0 fully saturated rings. The van der Waals surface area contributed by atoms with Crippen LogP contribution in [0.2, 0.25) is 5.15 Å². The Kier molecular flexibility index (Phi) is 5.35. The van der Waals surface area contributed by atoms with Gasteiger partial charge in [-0.2, -0.15) is 0 Å². The van der Waals surface area contributed by atoms with E-state index in [2.05, 4.69) is 29.1 Å².